The predicted molar refractivity (Wildman–Crippen MR) is 70.3 cm³/mol. The number of benzene rings is 1. The van der Waals surface area contributed by atoms with Crippen molar-refractivity contribution in [3.63, 3.8) is 0 Å². The van der Waals surface area contributed by atoms with Crippen LogP contribution >= 0.6 is 15.9 Å². The predicted octanol–water partition coefficient (Wildman–Crippen LogP) is 1.71. The van der Waals surface area contributed by atoms with Crippen molar-refractivity contribution >= 4 is 26.0 Å². The quantitative estimate of drug-likeness (QED) is 0.822. The van der Waals surface area contributed by atoms with Crippen molar-refractivity contribution in [3.8, 4) is 0 Å². The lowest BCUT2D eigenvalue weighted by atomic mass is 10.3. The molecule has 1 aromatic rings. The molecule has 1 aliphatic heterocycles. The first-order valence-electron chi connectivity index (χ1n) is 5.70. The number of halogens is 3. The maximum Gasteiger partial charge on any atom is 0.244 e. The Kier molecular flexibility index (Phi) is 4.24. The summed E-state index contributed by atoms with van der Waals surface area (Å²) < 4.78 is 52.4. The van der Waals surface area contributed by atoms with Crippen molar-refractivity contribution < 1.29 is 17.2 Å². The summed E-state index contributed by atoms with van der Waals surface area (Å²) in [5.41, 5.74) is 0. The topological polar surface area (TPSA) is 49.4 Å². The molecule has 0 radical (unpaired) electrons. The molecule has 1 heterocycles. The summed E-state index contributed by atoms with van der Waals surface area (Å²) in [6.07, 6.45) is 0. The molecule has 1 N–H and O–H groups in total. The number of rotatable bonds is 2. The third kappa shape index (κ3) is 2.96. The van der Waals surface area contributed by atoms with E-state index in [1.807, 2.05) is 6.92 Å². The van der Waals surface area contributed by atoms with Gasteiger partial charge in [0.1, 0.15) is 0 Å². The molecule has 1 atom stereocenters. The first kappa shape index (κ1) is 14.8. The van der Waals surface area contributed by atoms with E-state index in [1.54, 1.807) is 0 Å². The zero-order valence-corrected chi connectivity index (χ0v) is 12.6. The van der Waals surface area contributed by atoms with Crippen LogP contribution in [0.25, 0.3) is 0 Å². The van der Waals surface area contributed by atoms with E-state index in [0.717, 1.165) is 6.07 Å². The Morgan fingerprint density at radius 3 is 2.63 bits per heavy atom. The fourth-order valence-corrected chi connectivity index (χ4v) is 4.47. The lowest BCUT2D eigenvalue weighted by molar-refractivity contribution is 0.310. The molecule has 0 bridgehead atoms. The zero-order chi connectivity index (χ0) is 14.2. The highest BCUT2D eigenvalue weighted by molar-refractivity contribution is 9.10. The molecule has 2 rings (SSSR count). The van der Waals surface area contributed by atoms with Gasteiger partial charge in [-0.3, -0.25) is 0 Å². The van der Waals surface area contributed by atoms with E-state index in [0.29, 0.717) is 25.7 Å². The second kappa shape index (κ2) is 5.43. The SMILES string of the molecule is CC1CN(S(=O)(=O)c2cc(F)c(F)cc2Br)CCN1. The largest absolute Gasteiger partial charge is 0.312 e. The number of hydrogen-bond donors (Lipinski definition) is 1. The van der Waals surface area contributed by atoms with E-state index in [-0.39, 0.29) is 15.4 Å². The van der Waals surface area contributed by atoms with E-state index in [4.69, 9.17) is 0 Å². The molecule has 19 heavy (non-hydrogen) atoms. The molecule has 1 aromatic carbocycles. The van der Waals surface area contributed by atoms with Gasteiger partial charge in [-0.1, -0.05) is 0 Å². The van der Waals surface area contributed by atoms with Crippen molar-refractivity contribution in [2.45, 2.75) is 17.9 Å². The van der Waals surface area contributed by atoms with Gasteiger partial charge in [0.25, 0.3) is 0 Å². The number of nitrogens with zero attached hydrogens (tertiary/aromatic N) is 1. The number of piperazine rings is 1. The Morgan fingerprint density at radius 2 is 2.00 bits per heavy atom. The number of sulfonamides is 1. The van der Waals surface area contributed by atoms with Crippen molar-refractivity contribution in [1.29, 1.82) is 0 Å². The molecule has 0 spiro atoms. The van der Waals surface area contributed by atoms with Gasteiger partial charge in [0.2, 0.25) is 10.0 Å². The minimum atomic E-state index is -3.83. The van der Waals surface area contributed by atoms with Crippen LogP contribution < -0.4 is 5.32 Å². The smallest absolute Gasteiger partial charge is 0.244 e. The van der Waals surface area contributed by atoms with Crippen LogP contribution in [0, 0.1) is 11.6 Å². The van der Waals surface area contributed by atoms with Crippen LogP contribution in [0.5, 0.6) is 0 Å². The van der Waals surface area contributed by atoms with E-state index in [1.165, 1.54) is 4.31 Å². The molecule has 1 unspecified atom stereocenters. The molecule has 4 nitrogen and oxygen atoms in total. The third-order valence-corrected chi connectivity index (χ3v) is 5.75. The summed E-state index contributed by atoms with van der Waals surface area (Å²) in [7, 11) is -3.83. The van der Waals surface area contributed by atoms with Crippen molar-refractivity contribution in [1.82, 2.24) is 9.62 Å². The normalized spacial score (nSPS) is 21.6. The lowest BCUT2D eigenvalue weighted by Gasteiger charge is -2.31. The minimum Gasteiger partial charge on any atom is -0.312 e. The van der Waals surface area contributed by atoms with Gasteiger partial charge < -0.3 is 5.32 Å². The van der Waals surface area contributed by atoms with Crippen LogP contribution in [0.15, 0.2) is 21.5 Å². The Hall–Kier alpha value is -0.570. The summed E-state index contributed by atoms with van der Waals surface area (Å²) in [4.78, 5) is -0.250. The molecule has 0 aliphatic carbocycles. The summed E-state index contributed by atoms with van der Waals surface area (Å²) in [6, 6.07) is 1.56. The monoisotopic (exact) mass is 354 g/mol. The standard InChI is InChI=1S/C11H13BrF2N2O2S/c1-7-6-16(3-2-15-7)19(17,18)11-5-10(14)9(13)4-8(11)12/h4-5,7,15H,2-3,6H2,1H3. The van der Waals surface area contributed by atoms with Crippen molar-refractivity contribution in [3.05, 3.63) is 28.2 Å². The molecule has 1 aliphatic rings. The highest BCUT2D eigenvalue weighted by Crippen LogP contribution is 2.28. The van der Waals surface area contributed by atoms with Crippen molar-refractivity contribution in [2.24, 2.45) is 0 Å². The first-order valence-corrected chi connectivity index (χ1v) is 7.94. The maximum atomic E-state index is 13.2. The van der Waals surface area contributed by atoms with E-state index in [9.17, 15) is 17.2 Å². The van der Waals surface area contributed by atoms with Gasteiger partial charge in [0.15, 0.2) is 11.6 Å². The molecule has 0 amide bonds. The molecule has 0 saturated carbocycles. The Morgan fingerprint density at radius 1 is 1.37 bits per heavy atom. The zero-order valence-electron chi connectivity index (χ0n) is 10.2. The second-order valence-corrected chi connectivity index (χ2v) is 7.18. The molecular formula is C11H13BrF2N2O2S. The van der Waals surface area contributed by atoms with Crippen LogP contribution in [0.1, 0.15) is 6.92 Å². The van der Waals surface area contributed by atoms with Gasteiger partial charge in [-0.25, -0.2) is 17.2 Å². The van der Waals surface area contributed by atoms with Crippen LogP contribution in [0.2, 0.25) is 0 Å². The molecule has 1 saturated heterocycles. The summed E-state index contributed by atoms with van der Waals surface area (Å²) in [5, 5.41) is 3.12. The Labute approximate surface area is 119 Å². The highest BCUT2D eigenvalue weighted by atomic mass is 79.9. The fraction of sp³-hybridized carbons (Fsp3) is 0.455. The highest BCUT2D eigenvalue weighted by Gasteiger charge is 2.30. The molecular weight excluding hydrogens is 342 g/mol. The minimum absolute atomic E-state index is 0.0209. The summed E-state index contributed by atoms with van der Waals surface area (Å²) in [6.45, 7) is 3.00. The maximum absolute atomic E-state index is 13.2. The van der Waals surface area contributed by atoms with Crippen LogP contribution in [0.3, 0.4) is 0 Å². The Balaban J connectivity index is 2.42. The first-order chi connectivity index (χ1) is 8.82. The van der Waals surface area contributed by atoms with Crippen LogP contribution in [-0.4, -0.2) is 38.4 Å². The molecule has 1 fully saturated rings. The second-order valence-electron chi connectivity index (χ2n) is 4.41. The average Bonchev–Trinajstić information content (AvgIpc) is 2.33. The fourth-order valence-electron chi connectivity index (χ4n) is 1.96. The lowest BCUT2D eigenvalue weighted by Crippen LogP contribution is -2.51. The molecule has 8 heteroatoms. The van der Waals surface area contributed by atoms with Crippen LogP contribution in [0.4, 0.5) is 8.78 Å². The van der Waals surface area contributed by atoms with Gasteiger partial charge in [-0.05, 0) is 35.0 Å². The van der Waals surface area contributed by atoms with Crippen molar-refractivity contribution in [2.75, 3.05) is 19.6 Å². The number of nitrogens with one attached hydrogen (secondary N) is 1. The number of hydrogen-bond acceptors (Lipinski definition) is 3. The van der Waals surface area contributed by atoms with E-state index in [2.05, 4.69) is 21.2 Å². The summed E-state index contributed by atoms with van der Waals surface area (Å²) >= 11 is 2.97. The van der Waals surface area contributed by atoms with Gasteiger partial charge in [-0.15, -0.1) is 0 Å². The molecule has 0 aromatic heterocycles. The van der Waals surface area contributed by atoms with Gasteiger partial charge >= 0.3 is 0 Å². The van der Waals surface area contributed by atoms with E-state index >= 15 is 0 Å². The van der Waals surface area contributed by atoms with E-state index < -0.39 is 21.7 Å². The van der Waals surface area contributed by atoms with Crippen LogP contribution in [-0.2, 0) is 10.0 Å². The van der Waals surface area contributed by atoms with Gasteiger partial charge in [0.05, 0.1) is 4.90 Å². The van der Waals surface area contributed by atoms with Gasteiger partial charge in [0, 0.05) is 30.1 Å². The average molecular weight is 355 g/mol. The molecule has 106 valence electrons. The Bertz CT molecular complexity index is 595. The summed E-state index contributed by atoms with van der Waals surface area (Å²) in [5.74, 6) is -2.26. The third-order valence-electron chi connectivity index (χ3n) is 2.92. The van der Waals surface area contributed by atoms with Gasteiger partial charge in [-0.2, -0.15) is 4.31 Å².